The van der Waals surface area contributed by atoms with Gasteiger partial charge < -0.3 is 4.57 Å². The number of benzene rings is 9. The average Bonchev–Trinajstić information content (AvgIpc) is 3.62. The fourth-order valence-corrected chi connectivity index (χ4v) is 9.08. The lowest BCUT2D eigenvalue weighted by atomic mass is 9.89. The summed E-state index contributed by atoms with van der Waals surface area (Å²) in [6.07, 6.45) is 1.71. The van der Waals surface area contributed by atoms with Crippen molar-refractivity contribution in [3.05, 3.63) is 216 Å². The first-order valence-corrected chi connectivity index (χ1v) is 20.1. The van der Waals surface area contributed by atoms with Gasteiger partial charge in [-0.1, -0.05) is 158 Å². The number of allylic oxidation sites excluding steroid dienone is 1. The molecule has 0 N–H and O–H groups in total. The van der Waals surface area contributed by atoms with Gasteiger partial charge in [0.25, 0.3) is 0 Å². The number of rotatable bonds is 5. The molecule has 0 unspecified atom stereocenters. The number of para-hydroxylation sites is 2. The number of fused-ring (bicyclic) bond motifs is 9. The van der Waals surface area contributed by atoms with Crippen LogP contribution < -0.4 is 0 Å². The molecule has 1 aromatic heterocycles. The maximum atomic E-state index is 5.55. The van der Waals surface area contributed by atoms with Gasteiger partial charge in [-0.15, -0.1) is 0 Å². The summed E-state index contributed by atoms with van der Waals surface area (Å²) in [5, 5.41) is 9.72. The summed E-state index contributed by atoms with van der Waals surface area (Å²) in [5.41, 5.74) is 12.5. The van der Waals surface area contributed by atoms with E-state index in [-0.39, 0.29) is 0 Å². The van der Waals surface area contributed by atoms with Crippen LogP contribution in [-0.2, 0) is 0 Å². The van der Waals surface area contributed by atoms with Crippen LogP contribution in [0.1, 0.15) is 36.5 Å². The average molecular weight is 742 g/mol. The van der Waals surface area contributed by atoms with Crippen LogP contribution in [0.15, 0.2) is 210 Å². The summed E-state index contributed by atoms with van der Waals surface area (Å²) in [5.74, 6) is 0.736. The molecule has 0 aliphatic carbocycles. The molecule has 3 nitrogen and oxygen atoms in total. The Bertz CT molecular complexity index is 3310. The molecular formula is C55H39N3. The van der Waals surface area contributed by atoms with Crippen molar-refractivity contribution in [3.63, 3.8) is 0 Å². The van der Waals surface area contributed by atoms with Gasteiger partial charge in [0.1, 0.15) is 0 Å². The van der Waals surface area contributed by atoms with Gasteiger partial charge in [-0.2, -0.15) is 0 Å². The Balaban J connectivity index is 1.18. The molecule has 0 saturated heterocycles. The molecule has 11 rings (SSSR count). The van der Waals surface area contributed by atoms with E-state index in [0.717, 1.165) is 52.5 Å². The first-order valence-electron chi connectivity index (χ1n) is 20.1. The highest BCUT2D eigenvalue weighted by molar-refractivity contribution is 6.31. The van der Waals surface area contributed by atoms with Crippen LogP contribution in [0.4, 0.5) is 0 Å². The first kappa shape index (κ1) is 33.9. The van der Waals surface area contributed by atoms with E-state index in [0.29, 0.717) is 0 Å². The van der Waals surface area contributed by atoms with E-state index in [4.69, 9.17) is 9.98 Å². The van der Waals surface area contributed by atoms with Gasteiger partial charge in [-0.3, -0.25) is 0 Å². The smallest absolute Gasteiger partial charge is 0.160 e. The minimum atomic E-state index is 0.736. The van der Waals surface area contributed by atoms with Crippen LogP contribution in [-0.4, -0.2) is 16.1 Å². The van der Waals surface area contributed by atoms with Crippen LogP contribution in [0.25, 0.3) is 76.6 Å². The maximum absolute atomic E-state index is 5.55. The minimum absolute atomic E-state index is 0.736. The number of hydrogen-bond acceptors (Lipinski definition) is 2. The number of nitrogens with zero attached hydrogens (tertiary/aromatic N) is 3. The summed E-state index contributed by atoms with van der Waals surface area (Å²) in [6, 6.07) is 70.0. The molecule has 58 heavy (non-hydrogen) atoms. The summed E-state index contributed by atoms with van der Waals surface area (Å²) < 4.78 is 2.38. The molecule has 1 aliphatic rings. The fraction of sp³-hybridized carbons (Fsp3) is 0.0545. The summed E-state index contributed by atoms with van der Waals surface area (Å²) in [7, 11) is 0. The molecule has 9 aromatic carbocycles. The van der Waals surface area contributed by atoms with E-state index >= 15 is 0 Å². The predicted molar refractivity (Wildman–Crippen MR) is 247 cm³/mol. The summed E-state index contributed by atoms with van der Waals surface area (Å²) in [4.78, 5) is 11.1. The highest BCUT2D eigenvalue weighted by atomic mass is 15.0. The molecule has 0 saturated carbocycles. The molecule has 274 valence electrons. The normalized spacial score (nSPS) is 14.8. The third-order valence-electron chi connectivity index (χ3n) is 11.9. The van der Waals surface area contributed by atoms with Crippen molar-refractivity contribution in [1.82, 2.24) is 4.57 Å². The van der Waals surface area contributed by atoms with Crippen molar-refractivity contribution in [3.8, 4) is 16.8 Å². The van der Waals surface area contributed by atoms with Crippen LogP contribution in [0.5, 0.6) is 0 Å². The zero-order chi connectivity index (χ0) is 38.6. The molecule has 10 aromatic rings. The van der Waals surface area contributed by atoms with Gasteiger partial charge in [-0.25, -0.2) is 9.98 Å². The predicted octanol–water partition coefficient (Wildman–Crippen LogP) is 14.4. The van der Waals surface area contributed by atoms with Gasteiger partial charge in [0.05, 0.1) is 22.4 Å². The molecule has 3 heteroatoms. The number of aromatic nitrogens is 1. The van der Waals surface area contributed by atoms with Gasteiger partial charge in [-0.05, 0) is 105 Å². The van der Waals surface area contributed by atoms with Crippen LogP contribution >= 0.6 is 0 Å². The molecule has 2 heterocycles. The minimum Gasteiger partial charge on any atom is -0.309 e. The zero-order valence-electron chi connectivity index (χ0n) is 32.2. The molecule has 1 aliphatic heterocycles. The third-order valence-corrected chi connectivity index (χ3v) is 11.9. The second kappa shape index (κ2) is 14.0. The molecule has 0 atom stereocenters. The van der Waals surface area contributed by atoms with Crippen molar-refractivity contribution < 1.29 is 0 Å². The molecule has 0 fully saturated rings. The molecule has 0 amide bonds. The number of aliphatic imine (C=N–C) groups is 2. The Hall–Kier alpha value is -7.36. The number of amidine groups is 1. The van der Waals surface area contributed by atoms with Gasteiger partial charge >= 0.3 is 0 Å². The first-order chi connectivity index (χ1) is 28.7. The Kier molecular flexibility index (Phi) is 8.18. The van der Waals surface area contributed by atoms with E-state index in [1.807, 2.05) is 0 Å². The molecule has 0 bridgehead atoms. The Morgan fingerprint density at radius 2 is 0.966 bits per heavy atom. The lowest BCUT2D eigenvalue weighted by molar-refractivity contribution is 1.00. The Morgan fingerprint density at radius 3 is 1.72 bits per heavy atom. The second-order valence-corrected chi connectivity index (χ2v) is 15.3. The van der Waals surface area contributed by atoms with Gasteiger partial charge in [0.15, 0.2) is 5.84 Å². The van der Waals surface area contributed by atoms with Gasteiger partial charge in [0.2, 0.25) is 0 Å². The van der Waals surface area contributed by atoms with E-state index in [1.165, 1.54) is 70.8 Å². The summed E-state index contributed by atoms with van der Waals surface area (Å²) >= 11 is 0. The monoisotopic (exact) mass is 741 g/mol. The third kappa shape index (κ3) is 5.66. The van der Waals surface area contributed by atoms with E-state index < -0.39 is 0 Å². The lowest BCUT2D eigenvalue weighted by Gasteiger charge is -2.19. The Labute approximate surface area is 337 Å². The van der Waals surface area contributed by atoms with Crippen molar-refractivity contribution in [2.75, 3.05) is 0 Å². The standard InChI is InChI=1S/C55H39N3/c1-36-28-32-50(37-16-5-2-6-17-37)56-55(57-54(36)38-18-7-3-8-19-38)47-26-15-25-46-43-23-12-11-22-42(43)44-31-29-39(35-49(44)53(46)47)40-30-33-52-48(34-40)45-24-13-14-27-51(45)58(52)41-20-9-4-10-21-41/h2-27,29-31,33-35H,28,32H2,1H3/b54-36-,56-50?,57-55?. The van der Waals surface area contributed by atoms with Crippen molar-refractivity contribution >= 4 is 71.4 Å². The molecular weight excluding hydrogens is 703 g/mol. The highest BCUT2D eigenvalue weighted by Gasteiger charge is 2.21. The maximum Gasteiger partial charge on any atom is 0.160 e. The second-order valence-electron chi connectivity index (χ2n) is 15.3. The fourth-order valence-electron chi connectivity index (χ4n) is 9.08. The van der Waals surface area contributed by atoms with E-state index in [1.54, 1.807) is 0 Å². The van der Waals surface area contributed by atoms with Gasteiger partial charge in [0, 0.05) is 33.0 Å². The SMILES string of the molecule is C/C1=C(\c2ccccc2)N=C(c2cccc3c4ccccc4c4ccc(-c5ccc6c(c5)c5ccccc5n6-c5ccccc5)cc4c23)N=C(c2ccccc2)CC1. The molecule has 0 radical (unpaired) electrons. The zero-order valence-corrected chi connectivity index (χ0v) is 32.2. The van der Waals surface area contributed by atoms with Crippen LogP contribution in [0.2, 0.25) is 0 Å². The van der Waals surface area contributed by atoms with E-state index in [2.05, 4.69) is 206 Å². The van der Waals surface area contributed by atoms with Crippen LogP contribution in [0, 0.1) is 0 Å². The molecule has 0 spiro atoms. The lowest BCUT2D eigenvalue weighted by Crippen LogP contribution is -2.11. The number of hydrogen-bond donors (Lipinski definition) is 0. The van der Waals surface area contributed by atoms with Crippen molar-refractivity contribution in [2.45, 2.75) is 19.8 Å². The summed E-state index contributed by atoms with van der Waals surface area (Å²) in [6.45, 7) is 2.23. The Morgan fingerprint density at radius 1 is 0.397 bits per heavy atom. The quantitative estimate of drug-likeness (QED) is 0.157. The van der Waals surface area contributed by atoms with E-state index in [9.17, 15) is 0 Å². The topological polar surface area (TPSA) is 29.6 Å². The van der Waals surface area contributed by atoms with Crippen molar-refractivity contribution in [1.29, 1.82) is 0 Å². The largest absolute Gasteiger partial charge is 0.309 e. The van der Waals surface area contributed by atoms with Crippen molar-refractivity contribution in [2.24, 2.45) is 9.98 Å². The highest BCUT2D eigenvalue weighted by Crippen LogP contribution is 2.41. The van der Waals surface area contributed by atoms with Crippen LogP contribution in [0.3, 0.4) is 0 Å².